The molecule has 2 saturated heterocycles. The number of aromatic nitrogens is 2. The number of nitrogens with zero attached hydrogens (tertiary/aromatic N) is 3. The Labute approximate surface area is 156 Å². The molecule has 2 aliphatic rings. The first-order valence-corrected chi connectivity index (χ1v) is 10.0. The van der Waals surface area contributed by atoms with Crippen LogP contribution in [0.4, 0.5) is 0 Å². The Kier molecular flexibility index (Phi) is 5.04. The van der Waals surface area contributed by atoms with E-state index >= 15 is 0 Å². The zero-order valence-electron chi connectivity index (χ0n) is 16.4. The van der Waals surface area contributed by atoms with Gasteiger partial charge in [-0.3, -0.25) is 4.90 Å². The van der Waals surface area contributed by atoms with Crippen LogP contribution in [-0.4, -0.2) is 71.2 Å². The topological polar surface area (TPSA) is 44.4 Å². The van der Waals surface area contributed by atoms with E-state index in [0.29, 0.717) is 5.92 Å². The zero-order valence-corrected chi connectivity index (χ0v) is 16.4. The third-order valence-electron chi connectivity index (χ3n) is 6.10. The summed E-state index contributed by atoms with van der Waals surface area (Å²) >= 11 is 0. The van der Waals surface area contributed by atoms with Crippen LogP contribution >= 0.6 is 0 Å². The van der Waals surface area contributed by atoms with Crippen LogP contribution in [-0.2, 0) is 4.74 Å². The Morgan fingerprint density at radius 1 is 1.23 bits per heavy atom. The predicted molar refractivity (Wildman–Crippen MR) is 106 cm³/mol. The molecule has 2 fully saturated rings. The lowest BCUT2D eigenvalue weighted by Crippen LogP contribution is -2.56. The summed E-state index contributed by atoms with van der Waals surface area (Å²) in [4.78, 5) is 13.8. The summed E-state index contributed by atoms with van der Waals surface area (Å²) in [6.45, 7) is 14.2. The number of H-pyrrole nitrogens is 1. The predicted octanol–water partition coefficient (Wildman–Crippen LogP) is 3.16. The van der Waals surface area contributed by atoms with E-state index in [2.05, 4.69) is 53.8 Å². The Hall–Kier alpha value is -1.43. The highest BCUT2D eigenvalue weighted by atomic mass is 16.5. The fourth-order valence-corrected chi connectivity index (χ4v) is 4.63. The van der Waals surface area contributed by atoms with Crippen molar-refractivity contribution in [3.63, 3.8) is 0 Å². The second-order valence-corrected chi connectivity index (χ2v) is 8.58. The second kappa shape index (κ2) is 7.29. The van der Waals surface area contributed by atoms with Crippen molar-refractivity contribution in [2.24, 2.45) is 0 Å². The molecule has 0 amide bonds. The molecule has 0 aliphatic carbocycles. The van der Waals surface area contributed by atoms with Crippen LogP contribution in [0, 0.1) is 6.92 Å². The maximum absolute atomic E-state index is 5.53. The molecule has 142 valence electrons. The van der Waals surface area contributed by atoms with E-state index in [1.165, 1.54) is 36.3 Å². The number of ether oxygens (including phenoxy) is 1. The van der Waals surface area contributed by atoms with Gasteiger partial charge in [-0.2, -0.15) is 0 Å². The molecule has 4 rings (SSSR count). The molecule has 0 bridgehead atoms. The summed E-state index contributed by atoms with van der Waals surface area (Å²) < 4.78 is 5.53. The van der Waals surface area contributed by atoms with E-state index in [-0.39, 0.29) is 5.54 Å². The maximum Gasteiger partial charge on any atom is 0.111 e. The fraction of sp³-hybridized carbons (Fsp3) is 0.667. The van der Waals surface area contributed by atoms with Crippen molar-refractivity contribution in [3.8, 4) is 0 Å². The molecule has 1 atom stereocenters. The number of hydrogen-bond acceptors (Lipinski definition) is 4. The SMILES string of the molecule is Cc1cccc2[nH]c([C@@H]3CCCN(CC(C)(C)N4CCOCC4)C3)nc12. The number of fused-ring (bicyclic) bond motifs is 1. The molecule has 2 aromatic rings. The van der Waals surface area contributed by atoms with Crippen LogP contribution < -0.4 is 0 Å². The van der Waals surface area contributed by atoms with Crippen LogP contribution in [0.5, 0.6) is 0 Å². The lowest BCUT2D eigenvalue weighted by molar-refractivity contribution is -0.0242. The summed E-state index contributed by atoms with van der Waals surface area (Å²) in [5, 5.41) is 0. The van der Waals surface area contributed by atoms with E-state index in [9.17, 15) is 0 Å². The number of nitrogens with one attached hydrogen (secondary N) is 1. The van der Waals surface area contributed by atoms with Crippen molar-refractivity contribution in [1.82, 2.24) is 19.8 Å². The van der Waals surface area contributed by atoms with Gasteiger partial charge in [0.05, 0.1) is 24.2 Å². The van der Waals surface area contributed by atoms with Gasteiger partial charge >= 0.3 is 0 Å². The minimum absolute atomic E-state index is 0.191. The lowest BCUT2D eigenvalue weighted by atomic mass is 9.94. The smallest absolute Gasteiger partial charge is 0.111 e. The van der Waals surface area contributed by atoms with Gasteiger partial charge in [0.25, 0.3) is 0 Å². The number of piperidine rings is 1. The number of rotatable bonds is 4. The first kappa shape index (κ1) is 18.0. The average molecular weight is 357 g/mol. The normalized spacial score (nSPS) is 23.6. The highest BCUT2D eigenvalue weighted by molar-refractivity contribution is 5.78. The van der Waals surface area contributed by atoms with Crippen LogP contribution in [0.1, 0.15) is 44.0 Å². The number of aryl methyl sites for hydroxylation is 1. The molecule has 2 aliphatic heterocycles. The summed E-state index contributed by atoms with van der Waals surface area (Å²) in [6.07, 6.45) is 2.48. The van der Waals surface area contributed by atoms with Crippen LogP contribution in [0.15, 0.2) is 18.2 Å². The van der Waals surface area contributed by atoms with Crippen LogP contribution in [0.3, 0.4) is 0 Å². The fourth-order valence-electron chi connectivity index (χ4n) is 4.63. The first-order chi connectivity index (χ1) is 12.5. The van der Waals surface area contributed by atoms with Gasteiger partial charge in [-0.25, -0.2) is 4.98 Å². The number of benzene rings is 1. The van der Waals surface area contributed by atoms with Crippen molar-refractivity contribution in [2.45, 2.75) is 45.1 Å². The molecule has 5 nitrogen and oxygen atoms in total. The van der Waals surface area contributed by atoms with Crippen molar-refractivity contribution in [1.29, 1.82) is 0 Å². The summed E-state index contributed by atoms with van der Waals surface area (Å²) in [5.74, 6) is 1.68. The quantitative estimate of drug-likeness (QED) is 0.914. The Bertz CT molecular complexity index is 748. The molecule has 1 aromatic heterocycles. The molecule has 5 heteroatoms. The average Bonchev–Trinajstić information content (AvgIpc) is 3.08. The Morgan fingerprint density at radius 3 is 2.81 bits per heavy atom. The van der Waals surface area contributed by atoms with Crippen molar-refractivity contribution < 1.29 is 4.74 Å². The van der Waals surface area contributed by atoms with Crippen molar-refractivity contribution in [2.75, 3.05) is 45.9 Å². The zero-order chi connectivity index (χ0) is 18.1. The number of morpholine rings is 1. The van der Waals surface area contributed by atoms with Gasteiger partial charge in [0.1, 0.15) is 5.82 Å². The van der Waals surface area contributed by atoms with Gasteiger partial charge in [-0.15, -0.1) is 0 Å². The lowest BCUT2D eigenvalue weighted by Gasteiger charge is -2.45. The molecule has 0 radical (unpaired) electrons. The van der Waals surface area contributed by atoms with Crippen molar-refractivity contribution in [3.05, 3.63) is 29.6 Å². The molecule has 0 saturated carbocycles. The summed E-state index contributed by atoms with van der Waals surface area (Å²) in [6, 6.07) is 6.39. The van der Waals surface area contributed by atoms with Gasteiger partial charge in [0.2, 0.25) is 0 Å². The number of hydrogen-bond donors (Lipinski definition) is 1. The summed E-state index contributed by atoms with van der Waals surface area (Å²) in [7, 11) is 0. The summed E-state index contributed by atoms with van der Waals surface area (Å²) in [5.41, 5.74) is 3.75. The highest BCUT2D eigenvalue weighted by Gasteiger charge is 2.33. The van der Waals surface area contributed by atoms with Crippen LogP contribution in [0.25, 0.3) is 11.0 Å². The van der Waals surface area contributed by atoms with Gasteiger partial charge < -0.3 is 14.6 Å². The van der Waals surface area contributed by atoms with Crippen LogP contribution in [0.2, 0.25) is 0 Å². The molecular formula is C21H32N4O. The minimum Gasteiger partial charge on any atom is -0.379 e. The van der Waals surface area contributed by atoms with E-state index < -0.39 is 0 Å². The van der Waals surface area contributed by atoms with Crippen molar-refractivity contribution >= 4 is 11.0 Å². The Morgan fingerprint density at radius 2 is 2.04 bits per heavy atom. The monoisotopic (exact) mass is 356 g/mol. The van der Waals surface area contributed by atoms with E-state index in [1.807, 2.05) is 0 Å². The molecule has 26 heavy (non-hydrogen) atoms. The van der Waals surface area contributed by atoms with Gasteiger partial charge in [-0.05, 0) is 51.8 Å². The van der Waals surface area contributed by atoms with Gasteiger partial charge in [-0.1, -0.05) is 12.1 Å². The maximum atomic E-state index is 5.53. The van der Waals surface area contributed by atoms with E-state index in [1.54, 1.807) is 0 Å². The molecule has 1 N–H and O–H groups in total. The largest absolute Gasteiger partial charge is 0.379 e. The highest BCUT2D eigenvalue weighted by Crippen LogP contribution is 2.29. The number of para-hydroxylation sites is 1. The third-order valence-corrected chi connectivity index (χ3v) is 6.10. The third kappa shape index (κ3) is 3.66. The van der Waals surface area contributed by atoms with E-state index in [0.717, 1.165) is 44.9 Å². The number of imidazole rings is 1. The number of aromatic amines is 1. The molecule has 0 spiro atoms. The molecule has 0 unspecified atom stereocenters. The van der Waals surface area contributed by atoms with Gasteiger partial charge in [0, 0.05) is 37.6 Å². The molecule has 3 heterocycles. The number of likely N-dealkylation sites (tertiary alicyclic amines) is 1. The van der Waals surface area contributed by atoms with Gasteiger partial charge in [0.15, 0.2) is 0 Å². The standard InChI is InChI=1S/C21H32N4O/c1-16-6-4-8-18-19(16)23-20(22-18)17-7-5-9-24(14-17)15-21(2,3)25-10-12-26-13-11-25/h4,6,8,17H,5,7,9-15H2,1-3H3,(H,22,23)/t17-/m1/s1. The van der Waals surface area contributed by atoms with E-state index in [4.69, 9.17) is 9.72 Å². The minimum atomic E-state index is 0.191. The molecular weight excluding hydrogens is 324 g/mol. The molecule has 1 aromatic carbocycles. The Balaban J connectivity index is 1.45. The first-order valence-electron chi connectivity index (χ1n) is 10.0. The second-order valence-electron chi connectivity index (χ2n) is 8.58.